The molecular weight excluding hydrogens is 380 g/mol. The fraction of sp³-hybridized carbons (Fsp3) is 0.278. The first kappa shape index (κ1) is 16.9. The standard InChI is InChI=1S/C18H16BrF2NO2/c1-24-14-6-7-16(19)15(9-14)18(23)22(13-4-5-13)10-11-2-3-12(20)8-17(11)21/h2-3,6-9,13H,4-5,10H2,1H3. The number of carbonyl (C=O) groups is 1. The Hall–Kier alpha value is -1.95. The van der Waals surface area contributed by atoms with Crippen LogP contribution >= 0.6 is 15.9 Å². The maximum absolute atomic E-state index is 14.0. The van der Waals surface area contributed by atoms with Crippen molar-refractivity contribution in [3.05, 3.63) is 63.6 Å². The molecule has 1 aliphatic carbocycles. The van der Waals surface area contributed by atoms with Gasteiger partial charge in [0.15, 0.2) is 0 Å². The maximum atomic E-state index is 14.0. The van der Waals surface area contributed by atoms with Crippen molar-refractivity contribution in [2.45, 2.75) is 25.4 Å². The molecule has 1 saturated carbocycles. The monoisotopic (exact) mass is 395 g/mol. The van der Waals surface area contributed by atoms with Crippen molar-refractivity contribution in [1.82, 2.24) is 4.90 Å². The number of amides is 1. The van der Waals surface area contributed by atoms with Gasteiger partial charge in [-0.2, -0.15) is 0 Å². The highest BCUT2D eigenvalue weighted by molar-refractivity contribution is 9.10. The Morgan fingerprint density at radius 2 is 2.00 bits per heavy atom. The fourth-order valence-electron chi connectivity index (χ4n) is 2.54. The minimum absolute atomic E-state index is 0.0834. The van der Waals surface area contributed by atoms with Gasteiger partial charge in [-0.3, -0.25) is 4.79 Å². The van der Waals surface area contributed by atoms with Crippen molar-refractivity contribution < 1.29 is 18.3 Å². The van der Waals surface area contributed by atoms with Crippen LogP contribution in [0.25, 0.3) is 0 Å². The normalized spacial score (nSPS) is 13.7. The number of halogens is 3. The highest BCUT2D eigenvalue weighted by atomic mass is 79.9. The van der Waals surface area contributed by atoms with Crippen molar-refractivity contribution in [2.24, 2.45) is 0 Å². The van der Waals surface area contributed by atoms with Crippen molar-refractivity contribution in [2.75, 3.05) is 7.11 Å². The topological polar surface area (TPSA) is 29.5 Å². The second-order valence-corrected chi connectivity index (χ2v) is 6.60. The molecule has 2 aromatic rings. The Labute approximate surface area is 147 Å². The molecule has 0 bridgehead atoms. The van der Waals surface area contributed by atoms with Crippen molar-refractivity contribution in [1.29, 1.82) is 0 Å². The molecular formula is C18H16BrF2NO2. The average molecular weight is 396 g/mol. The summed E-state index contributed by atoms with van der Waals surface area (Å²) in [5.41, 5.74) is 0.763. The quantitative estimate of drug-likeness (QED) is 0.743. The Bertz CT molecular complexity index is 778. The largest absolute Gasteiger partial charge is 0.497 e. The summed E-state index contributed by atoms with van der Waals surface area (Å²) >= 11 is 3.38. The first-order valence-electron chi connectivity index (χ1n) is 7.58. The number of hydrogen-bond donors (Lipinski definition) is 0. The molecule has 0 atom stereocenters. The Morgan fingerprint density at radius 3 is 2.62 bits per heavy atom. The summed E-state index contributed by atoms with van der Waals surface area (Å²) in [4.78, 5) is 14.6. The summed E-state index contributed by atoms with van der Waals surface area (Å²) in [6.45, 7) is 0.110. The zero-order valence-electron chi connectivity index (χ0n) is 13.1. The fourth-order valence-corrected chi connectivity index (χ4v) is 2.95. The highest BCUT2D eigenvalue weighted by Gasteiger charge is 2.34. The van der Waals surface area contributed by atoms with Crippen LogP contribution in [0.15, 0.2) is 40.9 Å². The van der Waals surface area contributed by atoms with E-state index >= 15 is 0 Å². The van der Waals surface area contributed by atoms with Gasteiger partial charge in [-0.1, -0.05) is 6.07 Å². The lowest BCUT2D eigenvalue weighted by atomic mass is 10.1. The van der Waals surface area contributed by atoms with Crippen LogP contribution in [-0.2, 0) is 6.54 Å². The van der Waals surface area contributed by atoms with Gasteiger partial charge in [0.25, 0.3) is 5.91 Å². The minimum Gasteiger partial charge on any atom is -0.497 e. The van der Waals surface area contributed by atoms with Gasteiger partial charge in [0.05, 0.1) is 12.7 Å². The zero-order chi connectivity index (χ0) is 17.3. The molecule has 0 N–H and O–H groups in total. The summed E-state index contributed by atoms with van der Waals surface area (Å²) in [5, 5.41) is 0. The molecule has 0 unspecified atom stereocenters. The third-order valence-electron chi connectivity index (χ3n) is 4.01. The van der Waals surface area contributed by atoms with Gasteiger partial charge in [-0.05, 0) is 53.0 Å². The van der Waals surface area contributed by atoms with Crippen LogP contribution in [0.2, 0.25) is 0 Å². The third kappa shape index (κ3) is 3.59. The van der Waals surface area contributed by atoms with Gasteiger partial charge in [-0.15, -0.1) is 0 Å². The molecule has 0 saturated heterocycles. The van der Waals surface area contributed by atoms with Crippen LogP contribution in [0, 0.1) is 11.6 Å². The van der Waals surface area contributed by atoms with Gasteiger partial charge >= 0.3 is 0 Å². The van der Waals surface area contributed by atoms with E-state index in [0.29, 0.717) is 21.3 Å². The molecule has 3 rings (SSSR count). The first-order chi connectivity index (χ1) is 11.5. The summed E-state index contributed by atoms with van der Waals surface area (Å²) in [5.74, 6) is -0.897. The first-order valence-corrected chi connectivity index (χ1v) is 8.37. The van der Waals surface area contributed by atoms with E-state index in [1.54, 1.807) is 23.1 Å². The van der Waals surface area contributed by atoms with E-state index in [-0.39, 0.29) is 18.5 Å². The number of carbonyl (C=O) groups excluding carboxylic acids is 1. The van der Waals surface area contributed by atoms with Crippen molar-refractivity contribution in [3.63, 3.8) is 0 Å². The van der Waals surface area contributed by atoms with E-state index in [1.807, 2.05) is 0 Å². The molecule has 1 fully saturated rings. The van der Waals surface area contributed by atoms with E-state index in [2.05, 4.69) is 15.9 Å². The zero-order valence-corrected chi connectivity index (χ0v) is 14.6. The number of ether oxygens (including phenoxy) is 1. The van der Waals surface area contributed by atoms with E-state index in [4.69, 9.17) is 4.74 Å². The second kappa shape index (κ2) is 6.89. The van der Waals surface area contributed by atoms with Gasteiger partial charge in [0.2, 0.25) is 0 Å². The van der Waals surface area contributed by atoms with Gasteiger partial charge in [0, 0.05) is 28.7 Å². The number of rotatable bonds is 5. The number of benzene rings is 2. The summed E-state index contributed by atoms with van der Waals surface area (Å²) in [6, 6.07) is 8.66. The molecule has 1 amide bonds. The molecule has 6 heteroatoms. The van der Waals surface area contributed by atoms with Gasteiger partial charge < -0.3 is 9.64 Å². The molecule has 0 aliphatic heterocycles. The Balaban J connectivity index is 1.89. The third-order valence-corrected chi connectivity index (χ3v) is 4.70. The smallest absolute Gasteiger partial charge is 0.255 e. The average Bonchev–Trinajstić information content (AvgIpc) is 3.39. The van der Waals surface area contributed by atoms with Crippen LogP contribution in [-0.4, -0.2) is 24.0 Å². The molecule has 3 nitrogen and oxygen atoms in total. The van der Waals surface area contributed by atoms with E-state index in [1.165, 1.54) is 19.2 Å². The Morgan fingerprint density at radius 1 is 1.25 bits per heavy atom. The van der Waals surface area contributed by atoms with E-state index < -0.39 is 11.6 Å². The SMILES string of the molecule is COc1ccc(Br)c(C(=O)N(Cc2ccc(F)cc2F)C2CC2)c1. The molecule has 0 spiro atoms. The van der Waals surface area contributed by atoms with Crippen LogP contribution < -0.4 is 4.74 Å². The number of methoxy groups -OCH3 is 1. The summed E-state index contributed by atoms with van der Waals surface area (Å²) in [7, 11) is 1.53. The van der Waals surface area contributed by atoms with E-state index in [9.17, 15) is 13.6 Å². The highest BCUT2D eigenvalue weighted by Crippen LogP contribution is 2.32. The lowest BCUT2D eigenvalue weighted by molar-refractivity contribution is 0.0727. The van der Waals surface area contributed by atoms with Crippen LogP contribution in [0.3, 0.4) is 0 Å². The second-order valence-electron chi connectivity index (χ2n) is 5.75. The van der Waals surface area contributed by atoms with Crippen LogP contribution in [0.4, 0.5) is 8.78 Å². The van der Waals surface area contributed by atoms with Crippen LogP contribution in [0.1, 0.15) is 28.8 Å². The molecule has 126 valence electrons. The van der Waals surface area contributed by atoms with Crippen LogP contribution in [0.5, 0.6) is 5.75 Å². The number of hydrogen-bond acceptors (Lipinski definition) is 2. The molecule has 0 heterocycles. The predicted molar refractivity (Wildman–Crippen MR) is 89.9 cm³/mol. The molecule has 0 aromatic heterocycles. The van der Waals surface area contributed by atoms with Gasteiger partial charge in [-0.25, -0.2) is 8.78 Å². The van der Waals surface area contributed by atoms with Crippen molar-refractivity contribution >= 4 is 21.8 Å². The molecule has 2 aromatic carbocycles. The van der Waals surface area contributed by atoms with Crippen molar-refractivity contribution in [3.8, 4) is 5.75 Å². The number of nitrogens with zero attached hydrogens (tertiary/aromatic N) is 1. The lowest BCUT2D eigenvalue weighted by Crippen LogP contribution is -2.33. The molecule has 0 radical (unpaired) electrons. The predicted octanol–water partition coefficient (Wildman–Crippen LogP) is 4.54. The lowest BCUT2D eigenvalue weighted by Gasteiger charge is -2.23. The van der Waals surface area contributed by atoms with Gasteiger partial charge in [0.1, 0.15) is 17.4 Å². The van der Waals surface area contributed by atoms with E-state index in [0.717, 1.165) is 18.9 Å². The molecule has 24 heavy (non-hydrogen) atoms. The maximum Gasteiger partial charge on any atom is 0.255 e. The molecule has 1 aliphatic rings. The Kier molecular flexibility index (Phi) is 4.85. The summed E-state index contributed by atoms with van der Waals surface area (Å²) < 4.78 is 32.9. The minimum atomic E-state index is -0.641. The summed E-state index contributed by atoms with van der Waals surface area (Å²) in [6.07, 6.45) is 1.77.